The number of carbonyl (C=O) groups is 2. The molecule has 1 aliphatic carbocycles. The number of benzene rings is 4. The second-order valence-corrected chi connectivity index (χ2v) is 9.52. The minimum Gasteiger partial charge on any atom is -0.410 e. The molecule has 0 amide bonds. The van der Waals surface area contributed by atoms with Crippen LogP contribution in [0.25, 0.3) is 0 Å². The molecule has 0 atom stereocenters. The van der Waals surface area contributed by atoms with E-state index in [-0.39, 0.29) is 11.6 Å². The van der Waals surface area contributed by atoms with Gasteiger partial charge in [-0.2, -0.15) is 11.8 Å². The summed E-state index contributed by atoms with van der Waals surface area (Å²) in [4.78, 5) is 40.1. The van der Waals surface area contributed by atoms with Crippen molar-refractivity contribution in [2.45, 2.75) is 19.6 Å². The molecule has 0 saturated heterocycles. The molecule has 0 fully saturated rings. The molecule has 8 heteroatoms. The van der Waals surface area contributed by atoms with Gasteiger partial charge in [0.25, 0.3) is 0 Å². The maximum atomic E-state index is 13.7. The number of rotatable bonds is 6. The van der Waals surface area contributed by atoms with Crippen molar-refractivity contribution in [3.63, 3.8) is 0 Å². The number of ketones is 2. The van der Waals surface area contributed by atoms with Gasteiger partial charge in [-0.15, -0.1) is 0 Å². The number of para-hydroxylation sites is 2. The predicted octanol–water partition coefficient (Wildman–Crippen LogP) is 5.27. The molecule has 0 saturated carbocycles. The second kappa shape index (κ2) is 9.36. The quantitative estimate of drug-likeness (QED) is 0.313. The van der Waals surface area contributed by atoms with E-state index in [9.17, 15) is 9.59 Å². The molecule has 168 valence electrons. The molecular formula is C26H18N2O4S2. The van der Waals surface area contributed by atoms with Crippen molar-refractivity contribution in [1.82, 2.24) is 0 Å². The van der Waals surface area contributed by atoms with Gasteiger partial charge in [0.1, 0.15) is 0 Å². The third kappa shape index (κ3) is 3.86. The van der Waals surface area contributed by atoms with Crippen LogP contribution in [0.5, 0.6) is 11.5 Å². The van der Waals surface area contributed by atoms with E-state index in [2.05, 4.69) is 0 Å². The topological polar surface area (TPSA) is 105 Å². The third-order valence-electron chi connectivity index (χ3n) is 5.39. The molecule has 0 heterocycles. The minimum atomic E-state index is -0.204. The number of carbonyl (C=O) groups excluding carboxylic acids is 2. The SMILES string of the molecule is NOc1ccccc1Sc1cccc2c1C(=O)c1cccc(Sc3ccccc3ON)c1C2=O. The normalized spacial score (nSPS) is 12.2. The molecule has 4 aromatic carbocycles. The number of hydrogen-bond donors (Lipinski definition) is 2. The summed E-state index contributed by atoms with van der Waals surface area (Å²) in [7, 11) is 0. The third-order valence-corrected chi connectivity index (χ3v) is 7.62. The fraction of sp³-hybridized carbons (Fsp3) is 0. The summed E-state index contributed by atoms with van der Waals surface area (Å²) in [5.41, 5.74) is 1.49. The van der Waals surface area contributed by atoms with Gasteiger partial charge >= 0.3 is 0 Å². The predicted molar refractivity (Wildman–Crippen MR) is 131 cm³/mol. The summed E-state index contributed by atoms with van der Waals surface area (Å²) in [5, 5.41) is 0. The fourth-order valence-electron chi connectivity index (χ4n) is 3.85. The zero-order chi connectivity index (χ0) is 23.7. The lowest BCUT2D eigenvalue weighted by molar-refractivity contribution is 0.0974. The Hall–Kier alpha value is -3.56. The Bertz CT molecular complexity index is 1330. The molecule has 5 rings (SSSR count). The molecule has 6 nitrogen and oxygen atoms in total. The Morgan fingerprint density at radius 2 is 0.882 bits per heavy atom. The van der Waals surface area contributed by atoms with Crippen LogP contribution >= 0.6 is 23.5 Å². The fourth-order valence-corrected chi connectivity index (χ4v) is 5.95. The van der Waals surface area contributed by atoms with Crippen LogP contribution in [0.1, 0.15) is 31.8 Å². The molecule has 4 N–H and O–H groups in total. The largest absolute Gasteiger partial charge is 0.410 e. The van der Waals surface area contributed by atoms with E-state index in [0.29, 0.717) is 43.5 Å². The monoisotopic (exact) mass is 486 g/mol. The number of nitrogens with two attached hydrogens (primary N) is 2. The van der Waals surface area contributed by atoms with Crippen molar-refractivity contribution < 1.29 is 19.3 Å². The highest BCUT2D eigenvalue weighted by Gasteiger charge is 2.34. The standard InChI is InChI=1S/C26H18N2O4S2/c27-31-17-9-1-3-11-19(17)33-21-13-5-7-15-23(21)25(29)16-8-6-14-22(24(16)26(15)30)34-20-12-4-2-10-18(20)32-28/h1-14H,27-28H2. The molecule has 0 spiro atoms. The molecule has 0 unspecified atom stereocenters. The first-order valence-corrected chi connectivity index (χ1v) is 11.9. The Balaban J connectivity index is 1.59. The zero-order valence-electron chi connectivity index (χ0n) is 17.7. The minimum absolute atomic E-state index is 0.204. The summed E-state index contributed by atoms with van der Waals surface area (Å²) in [5.74, 6) is 11.4. The average molecular weight is 487 g/mol. The summed E-state index contributed by atoms with van der Waals surface area (Å²) in [6, 6.07) is 25.1. The lowest BCUT2D eigenvalue weighted by atomic mass is 9.84. The summed E-state index contributed by atoms with van der Waals surface area (Å²) < 4.78 is 0. The van der Waals surface area contributed by atoms with Crippen molar-refractivity contribution in [2.75, 3.05) is 0 Å². The molecule has 0 aliphatic heterocycles. The maximum Gasteiger partial charge on any atom is 0.195 e. The van der Waals surface area contributed by atoms with Crippen molar-refractivity contribution in [3.8, 4) is 11.5 Å². The van der Waals surface area contributed by atoms with E-state index in [4.69, 9.17) is 21.5 Å². The van der Waals surface area contributed by atoms with Gasteiger partial charge in [0, 0.05) is 32.0 Å². The van der Waals surface area contributed by atoms with Crippen LogP contribution in [0.2, 0.25) is 0 Å². The van der Waals surface area contributed by atoms with Gasteiger partial charge in [0.15, 0.2) is 23.1 Å². The Morgan fingerprint density at radius 1 is 0.500 bits per heavy atom. The summed E-state index contributed by atoms with van der Waals surface area (Å²) >= 11 is 2.66. The smallest absolute Gasteiger partial charge is 0.195 e. The molecular weight excluding hydrogens is 468 g/mol. The van der Waals surface area contributed by atoms with Crippen molar-refractivity contribution in [2.24, 2.45) is 11.8 Å². The molecule has 0 aromatic heterocycles. The first-order chi connectivity index (χ1) is 16.6. The Kier molecular flexibility index (Phi) is 6.12. The van der Waals surface area contributed by atoms with E-state index in [0.717, 1.165) is 9.79 Å². The highest BCUT2D eigenvalue weighted by Crippen LogP contribution is 2.43. The highest BCUT2D eigenvalue weighted by atomic mass is 32.2. The molecule has 0 bridgehead atoms. The van der Waals surface area contributed by atoms with Gasteiger partial charge in [-0.1, -0.05) is 72.1 Å². The van der Waals surface area contributed by atoms with Crippen LogP contribution in [0, 0.1) is 0 Å². The Labute approximate surface area is 204 Å². The van der Waals surface area contributed by atoms with Crippen LogP contribution in [-0.2, 0) is 0 Å². The molecule has 4 aromatic rings. The molecule has 0 radical (unpaired) electrons. The van der Waals surface area contributed by atoms with Gasteiger partial charge in [-0.05, 0) is 36.4 Å². The van der Waals surface area contributed by atoms with E-state index in [1.165, 1.54) is 23.5 Å². The maximum absolute atomic E-state index is 13.7. The summed E-state index contributed by atoms with van der Waals surface area (Å²) in [6.45, 7) is 0. The van der Waals surface area contributed by atoms with E-state index < -0.39 is 0 Å². The van der Waals surface area contributed by atoms with E-state index in [1.54, 1.807) is 36.4 Å². The second-order valence-electron chi connectivity index (χ2n) is 7.35. The van der Waals surface area contributed by atoms with Crippen molar-refractivity contribution >= 4 is 35.1 Å². The lowest BCUT2D eigenvalue weighted by Gasteiger charge is -2.22. The van der Waals surface area contributed by atoms with Crippen molar-refractivity contribution in [3.05, 3.63) is 107 Å². The first-order valence-electron chi connectivity index (χ1n) is 10.2. The van der Waals surface area contributed by atoms with Crippen LogP contribution in [-0.4, -0.2) is 11.6 Å². The van der Waals surface area contributed by atoms with Crippen LogP contribution in [0.3, 0.4) is 0 Å². The number of fused-ring (bicyclic) bond motifs is 2. The molecule has 1 aliphatic rings. The first kappa shape index (κ1) is 22.2. The van der Waals surface area contributed by atoms with Gasteiger partial charge in [0.2, 0.25) is 0 Å². The van der Waals surface area contributed by atoms with Crippen LogP contribution in [0.15, 0.2) is 105 Å². The van der Waals surface area contributed by atoms with E-state index in [1.807, 2.05) is 48.5 Å². The van der Waals surface area contributed by atoms with Gasteiger partial charge in [0.05, 0.1) is 9.79 Å². The van der Waals surface area contributed by atoms with Gasteiger partial charge in [-0.25, -0.2) is 0 Å². The Morgan fingerprint density at radius 3 is 1.29 bits per heavy atom. The highest BCUT2D eigenvalue weighted by molar-refractivity contribution is 7.99. The zero-order valence-corrected chi connectivity index (χ0v) is 19.3. The van der Waals surface area contributed by atoms with Crippen LogP contribution < -0.4 is 21.5 Å². The average Bonchev–Trinajstić information content (AvgIpc) is 2.88. The van der Waals surface area contributed by atoms with Gasteiger partial charge < -0.3 is 9.68 Å². The molecule has 34 heavy (non-hydrogen) atoms. The lowest BCUT2D eigenvalue weighted by Crippen LogP contribution is -2.22. The summed E-state index contributed by atoms with van der Waals surface area (Å²) in [6.07, 6.45) is 0. The number of hydrogen-bond acceptors (Lipinski definition) is 8. The van der Waals surface area contributed by atoms with Crippen molar-refractivity contribution in [1.29, 1.82) is 0 Å². The van der Waals surface area contributed by atoms with E-state index >= 15 is 0 Å². The van der Waals surface area contributed by atoms with Crippen LogP contribution in [0.4, 0.5) is 0 Å². The van der Waals surface area contributed by atoms with Gasteiger partial charge in [-0.3, -0.25) is 9.59 Å².